The van der Waals surface area contributed by atoms with Gasteiger partial charge in [-0.15, -0.1) is 0 Å². The molecule has 0 aliphatic rings. The van der Waals surface area contributed by atoms with Gasteiger partial charge in [0, 0.05) is 15.7 Å². The maximum Gasteiger partial charge on any atom is 0.416 e. The maximum atomic E-state index is 12.9. The predicted octanol–water partition coefficient (Wildman–Crippen LogP) is 4.97. The fourth-order valence-electron chi connectivity index (χ4n) is 3.11. The van der Waals surface area contributed by atoms with Crippen molar-refractivity contribution in [2.24, 2.45) is 5.10 Å². The van der Waals surface area contributed by atoms with Crippen LogP contribution in [0.25, 0.3) is 0 Å². The molecule has 204 valence electrons. The topological polar surface area (TPSA) is 118 Å². The first-order valence-electron chi connectivity index (χ1n) is 11.3. The number of rotatable bonds is 9. The number of hydrogen-bond donors (Lipinski definition) is 3. The highest BCUT2D eigenvalue weighted by atomic mass is 79.9. The number of nitrogens with one attached hydrogen (secondary N) is 3. The van der Waals surface area contributed by atoms with Gasteiger partial charge >= 0.3 is 18.0 Å². The van der Waals surface area contributed by atoms with Gasteiger partial charge in [0.2, 0.25) is 0 Å². The van der Waals surface area contributed by atoms with Crippen LogP contribution in [0.1, 0.15) is 18.1 Å². The number of hydrogen-bond acceptors (Lipinski definition) is 6. The van der Waals surface area contributed by atoms with Crippen LogP contribution in [-0.4, -0.2) is 37.1 Å². The van der Waals surface area contributed by atoms with Crippen LogP contribution in [-0.2, 0) is 20.6 Å². The Morgan fingerprint density at radius 2 is 1.69 bits per heavy atom. The molecule has 0 aromatic heterocycles. The molecular formula is C26H22BrF3N4O5. The van der Waals surface area contributed by atoms with Crippen molar-refractivity contribution in [3.63, 3.8) is 0 Å². The Hall–Kier alpha value is -4.39. The number of ether oxygens (including phenoxy) is 2. The molecule has 0 bridgehead atoms. The third kappa shape index (κ3) is 8.85. The normalized spacial score (nSPS) is 11.1. The first-order valence-corrected chi connectivity index (χ1v) is 12.1. The van der Waals surface area contributed by atoms with Crippen molar-refractivity contribution in [1.29, 1.82) is 0 Å². The van der Waals surface area contributed by atoms with Crippen LogP contribution in [0.2, 0.25) is 0 Å². The number of halogens is 4. The zero-order valence-electron chi connectivity index (χ0n) is 20.3. The molecule has 3 rings (SSSR count). The number of carbonyl (C=O) groups excluding carboxylic acids is 3. The third-order valence-electron chi connectivity index (χ3n) is 4.82. The minimum absolute atomic E-state index is 0.0408. The Balaban J connectivity index is 1.59. The summed E-state index contributed by atoms with van der Waals surface area (Å²) in [6.45, 7) is 1.63. The van der Waals surface area contributed by atoms with Gasteiger partial charge < -0.3 is 20.1 Å². The molecule has 0 aliphatic carbocycles. The summed E-state index contributed by atoms with van der Waals surface area (Å²) in [4.78, 5) is 36.7. The summed E-state index contributed by atoms with van der Waals surface area (Å²) in [5, 5.41) is 8.55. The quantitative estimate of drug-likeness (QED) is 0.180. The molecule has 0 radical (unpaired) electrons. The highest BCUT2D eigenvalue weighted by molar-refractivity contribution is 9.10. The van der Waals surface area contributed by atoms with Crippen molar-refractivity contribution in [2.75, 3.05) is 23.8 Å². The van der Waals surface area contributed by atoms with Gasteiger partial charge in [0.1, 0.15) is 11.5 Å². The zero-order valence-corrected chi connectivity index (χ0v) is 21.9. The van der Waals surface area contributed by atoms with E-state index in [4.69, 9.17) is 9.47 Å². The zero-order chi connectivity index (χ0) is 28.4. The minimum atomic E-state index is -4.55. The summed E-state index contributed by atoms with van der Waals surface area (Å²) in [6, 6.07) is 15.5. The fourth-order valence-corrected chi connectivity index (χ4v) is 3.49. The molecule has 3 amide bonds. The summed E-state index contributed by atoms with van der Waals surface area (Å²) in [7, 11) is 0. The van der Waals surface area contributed by atoms with Gasteiger partial charge in [0.15, 0.2) is 6.61 Å². The van der Waals surface area contributed by atoms with E-state index in [1.807, 2.05) is 0 Å². The smallest absolute Gasteiger partial charge is 0.416 e. The van der Waals surface area contributed by atoms with E-state index >= 15 is 0 Å². The number of anilines is 2. The monoisotopic (exact) mass is 606 g/mol. The Morgan fingerprint density at radius 3 is 2.44 bits per heavy atom. The van der Waals surface area contributed by atoms with Gasteiger partial charge in [-0.05, 0) is 55.5 Å². The second kappa shape index (κ2) is 13.4. The number of nitrogens with zero attached hydrogens (tertiary/aromatic N) is 1. The SMILES string of the molecule is CCOc1ccccc1NC(=O)C(=O)N/N=C\c1cc(Br)ccc1OCC(=O)Nc1cccc(C(F)(F)F)c1. The lowest BCUT2D eigenvalue weighted by atomic mass is 10.2. The highest BCUT2D eigenvalue weighted by Gasteiger charge is 2.30. The molecule has 0 unspecified atom stereocenters. The second-order valence-electron chi connectivity index (χ2n) is 7.68. The van der Waals surface area contributed by atoms with Crippen molar-refractivity contribution in [3.8, 4) is 11.5 Å². The van der Waals surface area contributed by atoms with Crippen molar-refractivity contribution < 1.29 is 37.0 Å². The molecule has 9 nitrogen and oxygen atoms in total. The van der Waals surface area contributed by atoms with Gasteiger partial charge in [-0.1, -0.05) is 34.1 Å². The number of para-hydroxylation sites is 2. The van der Waals surface area contributed by atoms with Crippen molar-refractivity contribution in [3.05, 3.63) is 82.3 Å². The molecule has 0 aliphatic heterocycles. The van der Waals surface area contributed by atoms with Gasteiger partial charge in [-0.3, -0.25) is 14.4 Å². The van der Waals surface area contributed by atoms with Crippen LogP contribution in [0.5, 0.6) is 11.5 Å². The predicted molar refractivity (Wildman–Crippen MR) is 142 cm³/mol. The number of amides is 3. The molecule has 13 heteroatoms. The van der Waals surface area contributed by atoms with E-state index in [-0.39, 0.29) is 11.4 Å². The minimum Gasteiger partial charge on any atom is -0.492 e. The summed E-state index contributed by atoms with van der Waals surface area (Å²) in [5.74, 6) is -2.13. The average molecular weight is 607 g/mol. The van der Waals surface area contributed by atoms with Gasteiger partial charge in [0.05, 0.1) is 24.1 Å². The van der Waals surface area contributed by atoms with Gasteiger partial charge in [-0.25, -0.2) is 5.43 Å². The first-order chi connectivity index (χ1) is 18.6. The van der Waals surface area contributed by atoms with Crippen LogP contribution in [0.4, 0.5) is 24.5 Å². The van der Waals surface area contributed by atoms with E-state index < -0.39 is 36.1 Å². The lowest BCUT2D eigenvalue weighted by Crippen LogP contribution is -2.32. The molecule has 0 fully saturated rings. The number of hydrazone groups is 1. The molecule has 3 aromatic carbocycles. The van der Waals surface area contributed by atoms with Crippen molar-refractivity contribution >= 4 is 51.2 Å². The van der Waals surface area contributed by atoms with Gasteiger partial charge in [0.25, 0.3) is 5.91 Å². The summed E-state index contributed by atoms with van der Waals surface area (Å²) < 4.78 is 50.2. The van der Waals surface area contributed by atoms with Crippen molar-refractivity contribution in [1.82, 2.24) is 5.43 Å². The molecule has 0 saturated heterocycles. The average Bonchev–Trinajstić information content (AvgIpc) is 2.89. The molecule has 3 N–H and O–H groups in total. The molecule has 0 atom stereocenters. The fraction of sp³-hybridized carbons (Fsp3) is 0.154. The first kappa shape index (κ1) is 29.2. The van der Waals surface area contributed by atoms with E-state index in [1.165, 1.54) is 24.4 Å². The number of benzene rings is 3. The Bertz CT molecular complexity index is 1380. The molecule has 0 saturated carbocycles. The Labute approximate surface area is 229 Å². The van der Waals surface area contributed by atoms with Crippen LogP contribution < -0.4 is 25.5 Å². The molecule has 39 heavy (non-hydrogen) atoms. The molecule has 3 aromatic rings. The lowest BCUT2D eigenvalue weighted by molar-refractivity contribution is -0.137. The second-order valence-corrected chi connectivity index (χ2v) is 8.60. The molecule has 0 spiro atoms. The van der Waals surface area contributed by atoms with Crippen LogP contribution in [0.3, 0.4) is 0 Å². The van der Waals surface area contributed by atoms with Crippen LogP contribution >= 0.6 is 15.9 Å². The van der Waals surface area contributed by atoms with E-state index in [9.17, 15) is 27.6 Å². The van der Waals surface area contributed by atoms with E-state index in [2.05, 4.69) is 37.1 Å². The largest absolute Gasteiger partial charge is 0.492 e. The van der Waals surface area contributed by atoms with E-state index in [0.29, 0.717) is 28.1 Å². The Kier molecular flexibility index (Phi) is 10.0. The van der Waals surface area contributed by atoms with Crippen molar-refractivity contribution in [2.45, 2.75) is 13.1 Å². The van der Waals surface area contributed by atoms with Crippen LogP contribution in [0.15, 0.2) is 76.3 Å². The van der Waals surface area contributed by atoms with Crippen LogP contribution in [0, 0.1) is 0 Å². The standard InChI is InChI=1S/C26H22BrF3N4O5/c1-2-38-22-9-4-3-8-20(22)33-24(36)25(37)34-31-14-16-12-18(27)10-11-21(16)39-15-23(35)32-19-7-5-6-17(13-19)26(28,29)30/h3-14H,2,15H2,1H3,(H,32,35)(H,33,36)(H,34,37)/b31-14-. The maximum absolute atomic E-state index is 12.9. The Morgan fingerprint density at radius 1 is 0.923 bits per heavy atom. The summed E-state index contributed by atoms with van der Waals surface area (Å²) >= 11 is 3.29. The third-order valence-corrected chi connectivity index (χ3v) is 5.31. The lowest BCUT2D eigenvalue weighted by Gasteiger charge is -2.12. The number of alkyl halides is 3. The molecular weight excluding hydrogens is 585 g/mol. The number of carbonyl (C=O) groups is 3. The van der Waals surface area contributed by atoms with E-state index in [0.717, 1.165) is 12.1 Å². The summed E-state index contributed by atoms with van der Waals surface area (Å²) in [6.07, 6.45) is -3.35. The highest BCUT2D eigenvalue weighted by Crippen LogP contribution is 2.30. The van der Waals surface area contributed by atoms with Gasteiger partial charge in [-0.2, -0.15) is 18.3 Å². The summed E-state index contributed by atoms with van der Waals surface area (Å²) in [5.41, 5.74) is 1.80. The van der Waals surface area contributed by atoms with E-state index in [1.54, 1.807) is 43.3 Å². The molecule has 0 heterocycles.